The minimum absolute atomic E-state index is 0.00725. The molecule has 2 aromatic rings. The van der Waals surface area contributed by atoms with Crippen molar-refractivity contribution in [2.24, 2.45) is 0 Å². The van der Waals surface area contributed by atoms with Crippen LogP contribution in [0, 0.1) is 11.6 Å². The van der Waals surface area contributed by atoms with Crippen LogP contribution in [-0.4, -0.2) is 27.1 Å². The van der Waals surface area contributed by atoms with Gasteiger partial charge in [-0.05, 0) is 17.7 Å². The van der Waals surface area contributed by atoms with Gasteiger partial charge in [-0.15, -0.1) is 0 Å². The molecule has 114 valence electrons. The summed E-state index contributed by atoms with van der Waals surface area (Å²) in [7, 11) is 0. The fourth-order valence-electron chi connectivity index (χ4n) is 1.67. The van der Waals surface area contributed by atoms with E-state index < -0.39 is 29.5 Å². The van der Waals surface area contributed by atoms with Crippen LogP contribution in [0.25, 0.3) is 0 Å². The zero-order valence-corrected chi connectivity index (χ0v) is 10.9. The van der Waals surface area contributed by atoms with E-state index in [1.54, 1.807) is 0 Å². The van der Waals surface area contributed by atoms with E-state index in [1.807, 2.05) is 0 Å². The highest BCUT2D eigenvalue weighted by Crippen LogP contribution is 2.23. The van der Waals surface area contributed by atoms with Crippen LogP contribution < -0.4 is 4.74 Å². The van der Waals surface area contributed by atoms with Gasteiger partial charge in [0.15, 0.2) is 17.6 Å². The Balaban J connectivity index is 2.19. The number of benzene rings is 1. The van der Waals surface area contributed by atoms with Gasteiger partial charge in [0.1, 0.15) is 5.75 Å². The molecular weight excluding hydrogens is 300 g/mol. The van der Waals surface area contributed by atoms with Gasteiger partial charge in [0.05, 0.1) is 0 Å². The van der Waals surface area contributed by atoms with Crippen molar-refractivity contribution < 1.29 is 33.3 Å². The van der Waals surface area contributed by atoms with E-state index in [0.717, 1.165) is 18.3 Å². The molecule has 1 heterocycles. The number of halogens is 2. The second kappa shape index (κ2) is 6.17. The van der Waals surface area contributed by atoms with Crippen molar-refractivity contribution >= 4 is 11.9 Å². The summed E-state index contributed by atoms with van der Waals surface area (Å²) in [5.41, 5.74) is -0.0439. The quantitative estimate of drug-likeness (QED) is 0.823. The third kappa shape index (κ3) is 3.35. The molecule has 0 aliphatic rings. The molecule has 0 aliphatic carbocycles. The lowest BCUT2D eigenvalue weighted by atomic mass is 10.0. The molecular formula is C14H9F2NO5. The Labute approximate surface area is 122 Å². The van der Waals surface area contributed by atoms with Crippen molar-refractivity contribution in [2.75, 3.05) is 0 Å². The number of aromatic nitrogens is 1. The number of carbonyl (C=O) groups is 2. The highest BCUT2D eigenvalue weighted by Gasteiger charge is 2.28. The molecule has 1 aromatic carbocycles. The van der Waals surface area contributed by atoms with Crippen LogP contribution >= 0.6 is 0 Å². The van der Waals surface area contributed by atoms with Gasteiger partial charge >= 0.3 is 11.9 Å². The Hall–Kier alpha value is -3.03. The maximum absolute atomic E-state index is 13.0. The minimum Gasteiger partial charge on any atom is -0.480 e. The Kier molecular flexibility index (Phi) is 4.31. The molecule has 22 heavy (non-hydrogen) atoms. The first kappa shape index (κ1) is 15.4. The largest absolute Gasteiger partial charge is 0.480 e. The summed E-state index contributed by atoms with van der Waals surface area (Å²) in [4.78, 5) is 25.5. The molecule has 0 spiro atoms. The van der Waals surface area contributed by atoms with Gasteiger partial charge in [-0.25, -0.2) is 13.8 Å². The van der Waals surface area contributed by atoms with Crippen LogP contribution in [0.3, 0.4) is 0 Å². The maximum Gasteiger partial charge on any atom is 0.322 e. The zero-order valence-electron chi connectivity index (χ0n) is 10.9. The van der Waals surface area contributed by atoms with E-state index in [0.29, 0.717) is 0 Å². The molecule has 6 nitrogen and oxygen atoms in total. The third-order valence-electron chi connectivity index (χ3n) is 2.70. The second-order valence-electron chi connectivity index (χ2n) is 4.22. The molecule has 2 rings (SSSR count). The fraction of sp³-hybridized carbons (Fsp3) is 0.0714. The molecule has 0 saturated carbocycles. The normalized spacial score (nSPS) is 10.5. The predicted molar refractivity (Wildman–Crippen MR) is 68.7 cm³/mol. The van der Waals surface area contributed by atoms with Gasteiger partial charge in [-0.3, -0.25) is 9.59 Å². The van der Waals surface area contributed by atoms with Gasteiger partial charge in [0.2, 0.25) is 5.88 Å². The summed E-state index contributed by atoms with van der Waals surface area (Å²) in [6.07, 6.45) is 1.03. The highest BCUT2D eigenvalue weighted by atomic mass is 19.2. The monoisotopic (exact) mass is 309 g/mol. The lowest BCUT2D eigenvalue weighted by molar-refractivity contribution is -0.150. The molecule has 8 heteroatoms. The Bertz CT molecular complexity index is 704. The van der Waals surface area contributed by atoms with Gasteiger partial charge in [0.25, 0.3) is 0 Å². The number of carboxylic acids is 2. The zero-order chi connectivity index (χ0) is 16.3. The van der Waals surface area contributed by atoms with Gasteiger partial charge in [-0.2, -0.15) is 0 Å². The number of ether oxygens (including phenoxy) is 1. The molecule has 0 saturated heterocycles. The summed E-state index contributed by atoms with van der Waals surface area (Å²) in [6, 6.07) is 5.34. The summed E-state index contributed by atoms with van der Waals surface area (Å²) in [5.74, 6) is -6.94. The molecule has 2 N–H and O–H groups in total. The Morgan fingerprint density at radius 2 is 1.73 bits per heavy atom. The summed E-state index contributed by atoms with van der Waals surface area (Å²) in [6.45, 7) is 0. The fourth-order valence-corrected chi connectivity index (χ4v) is 1.67. The molecule has 0 unspecified atom stereocenters. The summed E-state index contributed by atoms with van der Waals surface area (Å²) < 4.78 is 31.0. The van der Waals surface area contributed by atoms with Crippen molar-refractivity contribution in [3.8, 4) is 11.6 Å². The highest BCUT2D eigenvalue weighted by molar-refractivity contribution is 5.98. The third-order valence-corrected chi connectivity index (χ3v) is 2.70. The standard InChI is InChI=1S/C14H9F2NO5/c15-9-3-2-8(5-10(9)16)22-11-4-1-7(6-17-11)12(13(18)19)14(20)21/h1-6,12H,(H,18,19)(H,20,21). The number of hydrogen-bond acceptors (Lipinski definition) is 4. The minimum atomic E-state index is -1.75. The van der Waals surface area contributed by atoms with E-state index in [-0.39, 0.29) is 17.2 Å². The van der Waals surface area contributed by atoms with Crippen LogP contribution in [0.1, 0.15) is 11.5 Å². The molecule has 0 amide bonds. The number of carboxylic acid groups (broad SMARTS) is 2. The lowest BCUT2D eigenvalue weighted by Gasteiger charge is -2.09. The van der Waals surface area contributed by atoms with E-state index in [1.165, 1.54) is 18.2 Å². The van der Waals surface area contributed by atoms with E-state index in [2.05, 4.69) is 4.98 Å². The van der Waals surface area contributed by atoms with Crippen LogP contribution in [0.15, 0.2) is 36.5 Å². The van der Waals surface area contributed by atoms with E-state index in [4.69, 9.17) is 14.9 Å². The van der Waals surface area contributed by atoms with Gasteiger partial charge < -0.3 is 14.9 Å². The van der Waals surface area contributed by atoms with Crippen molar-refractivity contribution in [3.05, 3.63) is 53.7 Å². The van der Waals surface area contributed by atoms with Crippen LogP contribution in [0.5, 0.6) is 11.6 Å². The molecule has 0 fully saturated rings. The van der Waals surface area contributed by atoms with Gasteiger partial charge in [0, 0.05) is 18.3 Å². The lowest BCUT2D eigenvalue weighted by Crippen LogP contribution is -2.21. The molecule has 0 radical (unpaired) electrons. The molecule has 0 bridgehead atoms. The SMILES string of the molecule is O=C(O)C(C(=O)O)c1ccc(Oc2ccc(F)c(F)c2)nc1. The molecule has 0 atom stereocenters. The molecule has 1 aromatic heterocycles. The first-order chi connectivity index (χ1) is 10.4. The number of hydrogen-bond donors (Lipinski definition) is 2. The molecule has 0 aliphatic heterocycles. The average Bonchev–Trinajstić information content (AvgIpc) is 2.44. The maximum atomic E-state index is 13.0. The van der Waals surface area contributed by atoms with Gasteiger partial charge in [-0.1, -0.05) is 6.07 Å². The second-order valence-corrected chi connectivity index (χ2v) is 4.22. The van der Waals surface area contributed by atoms with Crippen LogP contribution in [-0.2, 0) is 9.59 Å². The van der Waals surface area contributed by atoms with Crippen LogP contribution in [0.4, 0.5) is 8.78 Å². The van der Waals surface area contributed by atoms with Crippen molar-refractivity contribution in [2.45, 2.75) is 5.92 Å². The van der Waals surface area contributed by atoms with Crippen LogP contribution in [0.2, 0.25) is 0 Å². The number of pyridine rings is 1. The summed E-state index contributed by atoms with van der Waals surface area (Å²) in [5, 5.41) is 17.7. The van der Waals surface area contributed by atoms with E-state index in [9.17, 15) is 18.4 Å². The van der Waals surface area contributed by atoms with Crippen molar-refractivity contribution in [3.63, 3.8) is 0 Å². The number of aliphatic carboxylic acids is 2. The van der Waals surface area contributed by atoms with E-state index >= 15 is 0 Å². The smallest absolute Gasteiger partial charge is 0.322 e. The first-order valence-electron chi connectivity index (χ1n) is 5.93. The summed E-state index contributed by atoms with van der Waals surface area (Å²) >= 11 is 0. The Morgan fingerprint density at radius 3 is 2.23 bits per heavy atom. The predicted octanol–water partition coefficient (Wildman–Crippen LogP) is 2.40. The average molecular weight is 309 g/mol. The number of rotatable bonds is 5. The van der Waals surface area contributed by atoms with Crippen molar-refractivity contribution in [1.29, 1.82) is 0 Å². The number of nitrogens with zero attached hydrogens (tertiary/aromatic N) is 1. The van der Waals surface area contributed by atoms with Crippen molar-refractivity contribution in [1.82, 2.24) is 4.98 Å². The Morgan fingerprint density at radius 1 is 1.05 bits per heavy atom. The first-order valence-corrected chi connectivity index (χ1v) is 5.93. The topological polar surface area (TPSA) is 96.7 Å².